The van der Waals surface area contributed by atoms with Crippen molar-refractivity contribution in [1.82, 2.24) is 20.2 Å². The summed E-state index contributed by atoms with van der Waals surface area (Å²) in [6.07, 6.45) is 0.240. The van der Waals surface area contributed by atoms with Gasteiger partial charge in [0.15, 0.2) is 0 Å². The summed E-state index contributed by atoms with van der Waals surface area (Å²) in [6.45, 7) is 0. The minimum Gasteiger partial charge on any atom is -0.478 e. The Labute approximate surface area is 153 Å². The zero-order valence-corrected chi connectivity index (χ0v) is 14.4. The molecule has 9 heteroatoms. The molecule has 0 saturated heterocycles. The number of hydrogen-bond acceptors (Lipinski definition) is 6. The summed E-state index contributed by atoms with van der Waals surface area (Å²) in [5.74, 6) is -0.763. The van der Waals surface area contributed by atoms with Gasteiger partial charge in [-0.3, -0.25) is 4.79 Å². The van der Waals surface area contributed by atoms with Crippen molar-refractivity contribution in [1.29, 1.82) is 0 Å². The molecule has 0 aliphatic heterocycles. The third-order valence-corrected chi connectivity index (χ3v) is 4.32. The highest BCUT2D eigenvalue weighted by atomic mass is 32.2. The maximum absolute atomic E-state index is 12.0. The van der Waals surface area contributed by atoms with Crippen LogP contribution >= 0.6 is 11.8 Å². The molecule has 132 valence electrons. The van der Waals surface area contributed by atoms with Crippen molar-refractivity contribution in [3.05, 3.63) is 60.2 Å². The number of carboxylic acid groups (broad SMARTS) is 1. The zero-order chi connectivity index (χ0) is 18.4. The Morgan fingerprint density at radius 2 is 1.92 bits per heavy atom. The number of carbonyl (C=O) groups excluding carboxylic acids is 1. The second-order valence-electron chi connectivity index (χ2n) is 5.24. The van der Waals surface area contributed by atoms with Crippen LogP contribution in [0.4, 0.5) is 5.69 Å². The van der Waals surface area contributed by atoms with Crippen molar-refractivity contribution in [3.8, 4) is 5.69 Å². The number of hydrogen-bond donors (Lipinski definition) is 2. The molecule has 1 amide bonds. The maximum atomic E-state index is 12.0. The van der Waals surface area contributed by atoms with E-state index in [9.17, 15) is 9.59 Å². The minimum absolute atomic E-state index is 0.124. The number of anilines is 1. The summed E-state index contributed by atoms with van der Waals surface area (Å²) in [5, 5.41) is 23.9. The van der Waals surface area contributed by atoms with E-state index in [0.717, 1.165) is 5.69 Å². The van der Waals surface area contributed by atoms with Crippen LogP contribution in [0.2, 0.25) is 0 Å². The van der Waals surface area contributed by atoms with Crippen LogP contribution in [0.1, 0.15) is 16.8 Å². The predicted octanol–water partition coefficient (Wildman–Crippen LogP) is 2.48. The lowest BCUT2D eigenvalue weighted by molar-refractivity contribution is -0.115. The smallest absolute Gasteiger partial charge is 0.335 e. The fourth-order valence-corrected chi connectivity index (χ4v) is 3.02. The number of benzene rings is 2. The molecule has 0 aliphatic carbocycles. The van der Waals surface area contributed by atoms with Crippen LogP contribution in [-0.4, -0.2) is 42.9 Å². The van der Waals surface area contributed by atoms with Crippen LogP contribution < -0.4 is 5.32 Å². The molecule has 0 aliphatic rings. The summed E-state index contributed by atoms with van der Waals surface area (Å²) in [7, 11) is 0. The quantitative estimate of drug-likeness (QED) is 0.616. The molecule has 26 heavy (non-hydrogen) atoms. The number of nitrogens with zero attached hydrogens (tertiary/aromatic N) is 4. The summed E-state index contributed by atoms with van der Waals surface area (Å²) in [5.41, 5.74) is 1.42. The first-order valence-corrected chi connectivity index (χ1v) is 8.72. The average molecular weight is 369 g/mol. The SMILES string of the molecule is O=C(CCSc1nnnn1-c1ccccc1)Nc1cccc(C(=O)O)c1. The van der Waals surface area contributed by atoms with Gasteiger partial charge in [0.05, 0.1) is 11.3 Å². The Hall–Kier alpha value is -3.20. The molecule has 2 aromatic carbocycles. The van der Waals surface area contributed by atoms with Crippen LogP contribution in [0.3, 0.4) is 0 Å². The van der Waals surface area contributed by atoms with Gasteiger partial charge in [-0.1, -0.05) is 36.0 Å². The molecule has 0 saturated carbocycles. The highest BCUT2D eigenvalue weighted by Crippen LogP contribution is 2.19. The fraction of sp³-hybridized carbons (Fsp3) is 0.118. The Balaban J connectivity index is 1.54. The number of aromatic carboxylic acids is 1. The standard InChI is InChI=1S/C17H15N5O3S/c23-15(18-13-6-4-5-12(11-13)16(24)25)9-10-26-17-19-20-21-22(17)14-7-2-1-3-8-14/h1-8,11H,9-10H2,(H,18,23)(H,24,25). The minimum atomic E-state index is -1.04. The van der Waals surface area contributed by atoms with Crippen molar-refractivity contribution < 1.29 is 14.7 Å². The molecule has 2 N–H and O–H groups in total. The molecule has 0 fully saturated rings. The third kappa shape index (κ3) is 4.45. The topological polar surface area (TPSA) is 110 Å². The number of carboxylic acids is 1. The highest BCUT2D eigenvalue weighted by Gasteiger charge is 2.11. The largest absolute Gasteiger partial charge is 0.478 e. The first-order chi connectivity index (χ1) is 12.6. The molecular weight excluding hydrogens is 354 g/mol. The molecule has 0 unspecified atom stereocenters. The molecule has 0 spiro atoms. The molecule has 8 nitrogen and oxygen atoms in total. The number of thioether (sulfide) groups is 1. The number of aromatic nitrogens is 4. The van der Waals surface area contributed by atoms with Crippen molar-refractivity contribution >= 4 is 29.3 Å². The van der Waals surface area contributed by atoms with Crippen molar-refractivity contribution in [2.24, 2.45) is 0 Å². The van der Waals surface area contributed by atoms with Crippen molar-refractivity contribution in [3.63, 3.8) is 0 Å². The second-order valence-corrected chi connectivity index (χ2v) is 6.30. The summed E-state index contributed by atoms with van der Waals surface area (Å²) >= 11 is 1.37. The molecule has 0 bridgehead atoms. The predicted molar refractivity (Wildman–Crippen MR) is 96.5 cm³/mol. The lowest BCUT2D eigenvalue weighted by atomic mass is 10.2. The molecule has 3 aromatic rings. The van der Waals surface area contributed by atoms with Gasteiger partial charge in [-0.2, -0.15) is 4.68 Å². The number of para-hydroxylation sites is 1. The van der Waals surface area contributed by atoms with E-state index >= 15 is 0 Å². The maximum Gasteiger partial charge on any atom is 0.335 e. The van der Waals surface area contributed by atoms with E-state index in [0.29, 0.717) is 16.6 Å². The van der Waals surface area contributed by atoms with E-state index in [1.165, 1.54) is 23.9 Å². The summed E-state index contributed by atoms with van der Waals surface area (Å²) in [6, 6.07) is 15.6. The van der Waals surface area contributed by atoms with Gasteiger partial charge in [-0.15, -0.1) is 5.10 Å². The first-order valence-electron chi connectivity index (χ1n) is 7.73. The molecule has 1 heterocycles. The average Bonchev–Trinajstić information content (AvgIpc) is 3.11. The van der Waals surface area contributed by atoms with Gasteiger partial charge in [0, 0.05) is 17.9 Å². The first kappa shape index (κ1) is 17.6. The Morgan fingerprint density at radius 1 is 1.12 bits per heavy atom. The van der Waals surface area contributed by atoms with Gasteiger partial charge < -0.3 is 10.4 Å². The van der Waals surface area contributed by atoms with Crippen LogP contribution in [-0.2, 0) is 4.79 Å². The molecule has 0 radical (unpaired) electrons. The van der Waals surface area contributed by atoms with Gasteiger partial charge in [0.25, 0.3) is 0 Å². The zero-order valence-electron chi connectivity index (χ0n) is 13.6. The second kappa shape index (κ2) is 8.26. The Kier molecular flexibility index (Phi) is 5.59. The van der Waals surface area contributed by atoms with Crippen LogP contribution in [0.25, 0.3) is 5.69 Å². The highest BCUT2D eigenvalue weighted by molar-refractivity contribution is 7.99. The van der Waals surface area contributed by atoms with Crippen LogP contribution in [0, 0.1) is 0 Å². The molecule has 3 rings (SSSR count). The Bertz CT molecular complexity index is 914. The molecule has 1 aromatic heterocycles. The fourth-order valence-electron chi connectivity index (χ4n) is 2.19. The number of nitrogens with one attached hydrogen (secondary N) is 1. The van der Waals surface area contributed by atoms with Gasteiger partial charge in [0.1, 0.15) is 0 Å². The van der Waals surface area contributed by atoms with E-state index in [1.807, 2.05) is 30.3 Å². The van der Waals surface area contributed by atoms with E-state index in [2.05, 4.69) is 20.8 Å². The van der Waals surface area contributed by atoms with Gasteiger partial charge in [0.2, 0.25) is 11.1 Å². The van der Waals surface area contributed by atoms with E-state index in [-0.39, 0.29) is 17.9 Å². The van der Waals surface area contributed by atoms with E-state index in [1.54, 1.807) is 16.8 Å². The van der Waals surface area contributed by atoms with Gasteiger partial charge in [-0.05, 0) is 40.8 Å². The summed E-state index contributed by atoms with van der Waals surface area (Å²) < 4.78 is 1.61. The van der Waals surface area contributed by atoms with Crippen LogP contribution in [0.15, 0.2) is 59.8 Å². The Morgan fingerprint density at radius 3 is 2.69 bits per heavy atom. The number of rotatable bonds is 7. The normalized spacial score (nSPS) is 10.5. The van der Waals surface area contributed by atoms with E-state index < -0.39 is 5.97 Å². The number of carbonyl (C=O) groups is 2. The van der Waals surface area contributed by atoms with Crippen molar-refractivity contribution in [2.75, 3.05) is 11.1 Å². The summed E-state index contributed by atoms with van der Waals surface area (Å²) in [4.78, 5) is 23.0. The van der Waals surface area contributed by atoms with E-state index in [4.69, 9.17) is 5.11 Å². The monoisotopic (exact) mass is 369 g/mol. The number of tetrazole rings is 1. The van der Waals surface area contributed by atoms with Crippen LogP contribution in [0.5, 0.6) is 0 Å². The molecular formula is C17H15N5O3S. The third-order valence-electron chi connectivity index (χ3n) is 3.40. The van der Waals surface area contributed by atoms with Crippen molar-refractivity contribution in [2.45, 2.75) is 11.6 Å². The lowest BCUT2D eigenvalue weighted by Gasteiger charge is -2.06. The lowest BCUT2D eigenvalue weighted by Crippen LogP contribution is -2.13. The number of amides is 1. The van der Waals surface area contributed by atoms with Gasteiger partial charge >= 0.3 is 5.97 Å². The molecule has 0 atom stereocenters. The van der Waals surface area contributed by atoms with Gasteiger partial charge in [-0.25, -0.2) is 4.79 Å².